The van der Waals surface area contributed by atoms with Gasteiger partial charge in [0.2, 0.25) is 11.8 Å². The molecule has 2 aliphatic rings. The topological polar surface area (TPSA) is 66.6 Å². The van der Waals surface area contributed by atoms with Gasteiger partial charge in [-0.05, 0) is 44.7 Å². The summed E-state index contributed by atoms with van der Waals surface area (Å²) in [5, 5.41) is 0. The fraction of sp³-hybridized carbons (Fsp3) is 0.857. The van der Waals surface area contributed by atoms with Crippen molar-refractivity contribution in [2.24, 2.45) is 17.6 Å². The molecule has 2 N–H and O–H groups in total. The van der Waals surface area contributed by atoms with E-state index in [9.17, 15) is 9.59 Å². The van der Waals surface area contributed by atoms with E-state index in [1.807, 2.05) is 11.9 Å². The molecule has 2 amide bonds. The van der Waals surface area contributed by atoms with Crippen molar-refractivity contribution in [1.29, 1.82) is 0 Å². The molecule has 5 heteroatoms. The van der Waals surface area contributed by atoms with E-state index in [4.69, 9.17) is 5.73 Å². The molecule has 108 valence electrons. The van der Waals surface area contributed by atoms with Gasteiger partial charge >= 0.3 is 0 Å². The molecule has 0 bridgehead atoms. The van der Waals surface area contributed by atoms with Crippen LogP contribution in [0.4, 0.5) is 0 Å². The molecule has 1 aliphatic carbocycles. The molecule has 0 aromatic carbocycles. The van der Waals surface area contributed by atoms with E-state index >= 15 is 0 Å². The van der Waals surface area contributed by atoms with Crippen molar-refractivity contribution < 1.29 is 9.59 Å². The molecule has 1 saturated carbocycles. The summed E-state index contributed by atoms with van der Waals surface area (Å²) < 4.78 is 0. The van der Waals surface area contributed by atoms with Crippen LogP contribution < -0.4 is 5.73 Å². The van der Waals surface area contributed by atoms with Crippen LogP contribution in [0.3, 0.4) is 0 Å². The van der Waals surface area contributed by atoms with Crippen LogP contribution in [0.2, 0.25) is 0 Å². The molecule has 0 aromatic rings. The van der Waals surface area contributed by atoms with Gasteiger partial charge in [-0.2, -0.15) is 0 Å². The van der Waals surface area contributed by atoms with E-state index in [-0.39, 0.29) is 5.91 Å². The minimum Gasteiger partial charge on any atom is -0.369 e. The predicted molar refractivity (Wildman–Crippen MR) is 73.3 cm³/mol. The molecule has 0 radical (unpaired) electrons. The number of primary amides is 1. The number of hydrogen-bond donors (Lipinski definition) is 1. The Bertz CT molecular complexity index is 334. The molecule has 1 saturated heterocycles. The Morgan fingerprint density at radius 2 is 1.84 bits per heavy atom. The number of carbonyl (C=O) groups excluding carboxylic acids is 2. The van der Waals surface area contributed by atoms with E-state index in [2.05, 4.69) is 4.90 Å². The van der Waals surface area contributed by atoms with Crippen molar-refractivity contribution in [3.63, 3.8) is 0 Å². The van der Waals surface area contributed by atoms with Crippen LogP contribution in [0.25, 0.3) is 0 Å². The lowest BCUT2D eigenvalue weighted by Gasteiger charge is -2.35. The summed E-state index contributed by atoms with van der Waals surface area (Å²) in [5.74, 6) is 0.930. The predicted octanol–water partition coefficient (Wildman–Crippen LogP) is 0.442. The highest BCUT2D eigenvalue weighted by atomic mass is 16.2. The zero-order chi connectivity index (χ0) is 13.8. The molecule has 2 fully saturated rings. The minimum atomic E-state index is -0.254. The lowest BCUT2D eigenvalue weighted by Crippen LogP contribution is -2.44. The highest BCUT2D eigenvalue weighted by Crippen LogP contribution is 2.28. The molecule has 1 heterocycles. The molecular weight excluding hydrogens is 242 g/mol. The molecule has 0 atom stereocenters. The third-order valence-corrected chi connectivity index (χ3v) is 4.45. The number of hydrogen-bond acceptors (Lipinski definition) is 3. The quantitative estimate of drug-likeness (QED) is 0.786. The van der Waals surface area contributed by atoms with Crippen LogP contribution in [-0.2, 0) is 9.59 Å². The first kappa shape index (κ1) is 14.3. The van der Waals surface area contributed by atoms with Gasteiger partial charge in [0.1, 0.15) is 0 Å². The van der Waals surface area contributed by atoms with Gasteiger partial charge < -0.3 is 10.6 Å². The second-order valence-corrected chi connectivity index (χ2v) is 6.03. The summed E-state index contributed by atoms with van der Waals surface area (Å²) in [5.41, 5.74) is 5.20. The lowest BCUT2D eigenvalue weighted by molar-refractivity contribution is -0.137. The molecular formula is C14H25N3O2. The first-order valence-electron chi connectivity index (χ1n) is 7.32. The average molecular weight is 267 g/mol. The third kappa shape index (κ3) is 3.93. The van der Waals surface area contributed by atoms with Gasteiger partial charge in [-0.1, -0.05) is 6.42 Å². The Morgan fingerprint density at radius 1 is 1.21 bits per heavy atom. The summed E-state index contributed by atoms with van der Waals surface area (Å²) in [4.78, 5) is 26.9. The Hall–Kier alpha value is -1.10. The van der Waals surface area contributed by atoms with E-state index in [0.29, 0.717) is 24.3 Å². The minimum absolute atomic E-state index is 0.254. The van der Waals surface area contributed by atoms with Gasteiger partial charge in [-0.15, -0.1) is 0 Å². The Kier molecular flexibility index (Phi) is 4.80. The largest absolute Gasteiger partial charge is 0.369 e. The summed E-state index contributed by atoms with van der Waals surface area (Å²) in [6.45, 7) is 3.06. The van der Waals surface area contributed by atoms with Crippen molar-refractivity contribution in [3.05, 3.63) is 0 Å². The fourth-order valence-electron chi connectivity index (χ4n) is 2.99. The van der Waals surface area contributed by atoms with Crippen molar-refractivity contribution in [3.8, 4) is 0 Å². The maximum Gasteiger partial charge on any atom is 0.231 e. The van der Waals surface area contributed by atoms with E-state index in [0.717, 1.165) is 45.3 Å². The zero-order valence-electron chi connectivity index (χ0n) is 11.8. The summed E-state index contributed by atoms with van der Waals surface area (Å²) in [6.07, 6.45) is 5.45. The molecule has 19 heavy (non-hydrogen) atoms. The second-order valence-electron chi connectivity index (χ2n) is 6.03. The number of rotatable bonds is 5. The highest BCUT2D eigenvalue weighted by molar-refractivity contribution is 5.79. The molecule has 0 spiro atoms. The van der Waals surface area contributed by atoms with Gasteiger partial charge in [0.15, 0.2) is 0 Å². The number of nitrogens with two attached hydrogens (primary N) is 1. The number of carbonyl (C=O) groups is 2. The molecule has 5 nitrogen and oxygen atoms in total. The van der Waals surface area contributed by atoms with Gasteiger partial charge in [-0.3, -0.25) is 14.5 Å². The Morgan fingerprint density at radius 3 is 2.32 bits per heavy atom. The Balaban J connectivity index is 1.69. The summed E-state index contributed by atoms with van der Waals surface area (Å²) >= 11 is 0. The van der Waals surface area contributed by atoms with Crippen LogP contribution in [0.15, 0.2) is 0 Å². The smallest absolute Gasteiger partial charge is 0.231 e. The van der Waals surface area contributed by atoms with Crippen LogP contribution in [0.1, 0.15) is 32.1 Å². The second kappa shape index (κ2) is 6.37. The van der Waals surface area contributed by atoms with E-state index in [1.54, 1.807) is 0 Å². The Labute approximate surface area is 115 Å². The lowest BCUT2D eigenvalue weighted by atomic mass is 9.84. The van der Waals surface area contributed by atoms with Crippen LogP contribution in [0.5, 0.6) is 0 Å². The maximum atomic E-state index is 12.1. The average Bonchev–Trinajstić information content (AvgIpc) is 2.28. The van der Waals surface area contributed by atoms with Gasteiger partial charge in [0, 0.05) is 19.5 Å². The van der Waals surface area contributed by atoms with Crippen molar-refractivity contribution in [1.82, 2.24) is 9.80 Å². The normalized spacial score (nSPS) is 21.9. The third-order valence-electron chi connectivity index (χ3n) is 4.45. The summed E-state index contributed by atoms with van der Waals surface area (Å²) in [7, 11) is 1.93. The van der Waals surface area contributed by atoms with Gasteiger partial charge in [0.25, 0.3) is 0 Å². The zero-order valence-corrected chi connectivity index (χ0v) is 11.8. The van der Waals surface area contributed by atoms with Gasteiger partial charge in [-0.25, -0.2) is 0 Å². The molecule has 1 aliphatic heterocycles. The fourth-order valence-corrected chi connectivity index (χ4v) is 2.99. The van der Waals surface area contributed by atoms with Gasteiger partial charge in [0.05, 0.1) is 6.54 Å². The highest BCUT2D eigenvalue weighted by Gasteiger charge is 2.29. The SMILES string of the molecule is CN(CC1CCN(CC(N)=O)CC1)C(=O)C1CCC1. The first-order valence-corrected chi connectivity index (χ1v) is 7.32. The van der Waals surface area contributed by atoms with Crippen LogP contribution in [-0.4, -0.2) is 54.8 Å². The molecule has 0 aromatic heterocycles. The van der Waals surface area contributed by atoms with Crippen molar-refractivity contribution in [2.75, 3.05) is 33.2 Å². The number of nitrogens with zero attached hydrogens (tertiary/aromatic N) is 2. The summed E-state index contributed by atoms with van der Waals surface area (Å²) in [6, 6.07) is 0. The standard InChI is InChI=1S/C14H25N3O2/c1-16(14(19)12-3-2-4-12)9-11-5-7-17(8-6-11)10-13(15)18/h11-12H,2-10H2,1H3,(H2,15,18). The number of piperidine rings is 1. The maximum absolute atomic E-state index is 12.1. The number of amides is 2. The van der Waals surface area contributed by atoms with Crippen molar-refractivity contribution in [2.45, 2.75) is 32.1 Å². The molecule has 0 unspecified atom stereocenters. The van der Waals surface area contributed by atoms with E-state index < -0.39 is 0 Å². The first-order chi connectivity index (χ1) is 9.06. The molecule has 2 rings (SSSR count). The van der Waals surface area contributed by atoms with Crippen LogP contribution >= 0.6 is 0 Å². The number of likely N-dealkylation sites (tertiary alicyclic amines) is 1. The van der Waals surface area contributed by atoms with E-state index in [1.165, 1.54) is 6.42 Å². The van der Waals surface area contributed by atoms with Crippen LogP contribution in [0, 0.1) is 11.8 Å². The van der Waals surface area contributed by atoms with Crippen molar-refractivity contribution >= 4 is 11.8 Å². The monoisotopic (exact) mass is 267 g/mol.